The van der Waals surface area contributed by atoms with E-state index in [4.69, 9.17) is 10.5 Å². The van der Waals surface area contributed by atoms with Crippen LogP contribution in [0.25, 0.3) is 0 Å². The third-order valence-electron chi connectivity index (χ3n) is 3.46. The van der Waals surface area contributed by atoms with Crippen LogP contribution in [0.2, 0.25) is 0 Å². The first-order valence-corrected chi connectivity index (χ1v) is 6.39. The van der Waals surface area contributed by atoms with Crippen molar-refractivity contribution in [3.8, 4) is 0 Å². The SMILES string of the molecule is N[C@]1(CO)OC(N(CO)c2cc[nH]c(=O)n2)[C@H](O)[C@@H](O)[C@@H]1O. The smallest absolute Gasteiger partial charge is 0.346 e. The Kier molecular flexibility index (Phi) is 4.77. The monoisotopic (exact) mass is 318 g/mol. The van der Waals surface area contributed by atoms with Crippen molar-refractivity contribution in [3.05, 3.63) is 22.7 Å². The van der Waals surface area contributed by atoms with Gasteiger partial charge in [-0.25, -0.2) is 4.79 Å². The lowest BCUT2D eigenvalue weighted by molar-refractivity contribution is -0.276. The molecule has 5 atom stereocenters. The molecule has 1 saturated heterocycles. The molecule has 0 aliphatic carbocycles. The largest absolute Gasteiger partial charge is 0.392 e. The Hall–Kier alpha value is -1.60. The molecule has 0 radical (unpaired) electrons. The molecule has 1 aliphatic heterocycles. The standard InChI is InChI=1S/C11H18N4O7/c12-11(3-16)8(20)6(18)7(19)9(22-11)15(4-17)5-1-2-13-10(21)14-5/h1-2,6-9,16-20H,3-4,12H2,(H,13,14,21)/t6-,7-,8+,9?,11-/m1/s1. The Balaban J connectivity index is 2.37. The predicted molar refractivity (Wildman–Crippen MR) is 71.3 cm³/mol. The van der Waals surface area contributed by atoms with Crippen LogP contribution in [0.3, 0.4) is 0 Å². The van der Waals surface area contributed by atoms with E-state index in [1.54, 1.807) is 0 Å². The molecule has 11 heteroatoms. The van der Waals surface area contributed by atoms with E-state index in [9.17, 15) is 30.3 Å². The van der Waals surface area contributed by atoms with Crippen LogP contribution < -0.4 is 16.3 Å². The average Bonchev–Trinajstić information content (AvgIpc) is 2.51. The summed E-state index contributed by atoms with van der Waals surface area (Å²) < 4.78 is 5.25. The Morgan fingerprint density at radius 2 is 2.05 bits per heavy atom. The molecule has 1 aromatic rings. The zero-order valence-corrected chi connectivity index (χ0v) is 11.4. The number of aliphatic hydroxyl groups is 5. The summed E-state index contributed by atoms with van der Waals surface area (Å²) in [6.07, 6.45) is -5.36. The summed E-state index contributed by atoms with van der Waals surface area (Å²) >= 11 is 0. The molecule has 2 heterocycles. The summed E-state index contributed by atoms with van der Waals surface area (Å²) in [6, 6.07) is 1.32. The maximum Gasteiger partial charge on any atom is 0.346 e. The van der Waals surface area contributed by atoms with Crippen molar-refractivity contribution in [2.75, 3.05) is 18.2 Å². The maximum atomic E-state index is 11.2. The van der Waals surface area contributed by atoms with E-state index < -0.39 is 49.3 Å². The summed E-state index contributed by atoms with van der Waals surface area (Å²) in [7, 11) is 0. The Bertz CT molecular complexity index is 569. The minimum absolute atomic E-state index is 0.0563. The van der Waals surface area contributed by atoms with E-state index in [0.717, 1.165) is 4.90 Å². The lowest BCUT2D eigenvalue weighted by Crippen LogP contribution is -2.72. The first-order chi connectivity index (χ1) is 10.3. The average molecular weight is 318 g/mol. The predicted octanol–water partition coefficient (Wildman–Crippen LogP) is -4.39. The molecular formula is C11H18N4O7. The highest BCUT2D eigenvalue weighted by atomic mass is 16.6. The third kappa shape index (κ3) is 2.83. The van der Waals surface area contributed by atoms with Gasteiger partial charge in [0.1, 0.15) is 30.9 Å². The van der Waals surface area contributed by atoms with Gasteiger partial charge >= 0.3 is 5.69 Å². The number of nitrogens with zero attached hydrogens (tertiary/aromatic N) is 2. The first kappa shape index (κ1) is 16.8. The van der Waals surface area contributed by atoms with Crippen LogP contribution in [0.4, 0.5) is 5.82 Å². The second kappa shape index (κ2) is 6.26. The molecule has 0 saturated carbocycles. The van der Waals surface area contributed by atoms with Crippen molar-refractivity contribution in [1.82, 2.24) is 9.97 Å². The third-order valence-corrected chi connectivity index (χ3v) is 3.46. The van der Waals surface area contributed by atoms with E-state index >= 15 is 0 Å². The number of aliphatic hydroxyl groups excluding tert-OH is 5. The van der Waals surface area contributed by atoms with Crippen LogP contribution in [-0.2, 0) is 4.74 Å². The highest BCUT2D eigenvalue weighted by molar-refractivity contribution is 5.37. The molecule has 0 amide bonds. The van der Waals surface area contributed by atoms with Gasteiger partial charge in [-0.3, -0.25) is 5.73 Å². The van der Waals surface area contributed by atoms with Crippen molar-refractivity contribution in [3.63, 3.8) is 0 Å². The number of ether oxygens (including phenoxy) is 1. The van der Waals surface area contributed by atoms with Gasteiger partial charge in [-0.1, -0.05) is 0 Å². The van der Waals surface area contributed by atoms with E-state index in [2.05, 4.69) is 9.97 Å². The molecule has 1 fully saturated rings. The zero-order valence-electron chi connectivity index (χ0n) is 11.4. The number of aromatic amines is 1. The van der Waals surface area contributed by atoms with E-state index in [-0.39, 0.29) is 5.82 Å². The van der Waals surface area contributed by atoms with Gasteiger partial charge in [0.25, 0.3) is 0 Å². The molecule has 1 aliphatic rings. The fourth-order valence-corrected chi connectivity index (χ4v) is 2.19. The Labute approximate surface area is 124 Å². The summed E-state index contributed by atoms with van der Waals surface area (Å²) in [4.78, 5) is 18.1. The quantitative estimate of drug-likeness (QED) is 0.267. The number of rotatable bonds is 4. The number of anilines is 1. The van der Waals surface area contributed by atoms with Crippen LogP contribution in [-0.4, -0.2) is 79.1 Å². The second-order valence-corrected chi connectivity index (χ2v) is 4.91. The fraction of sp³-hybridized carbons (Fsp3) is 0.636. The second-order valence-electron chi connectivity index (χ2n) is 4.91. The number of hydrogen-bond donors (Lipinski definition) is 7. The van der Waals surface area contributed by atoms with Gasteiger partial charge in [0.2, 0.25) is 0 Å². The molecule has 11 nitrogen and oxygen atoms in total. The first-order valence-electron chi connectivity index (χ1n) is 6.39. The lowest BCUT2D eigenvalue weighted by Gasteiger charge is -2.48. The summed E-state index contributed by atoms with van der Waals surface area (Å²) in [6.45, 7) is -1.58. The van der Waals surface area contributed by atoms with Crippen LogP contribution in [0.5, 0.6) is 0 Å². The molecule has 1 aromatic heterocycles. The highest BCUT2D eigenvalue weighted by Gasteiger charge is 2.53. The minimum Gasteiger partial charge on any atom is -0.392 e. The van der Waals surface area contributed by atoms with Gasteiger partial charge in [0.15, 0.2) is 12.0 Å². The van der Waals surface area contributed by atoms with Crippen LogP contribution >= 0.6 is 0 Å². The summed E-state index contributed by atoms with van der Waals surface area (Å²) in [5, 5.41) is 48.4. The number of nitrogens with two attached hydrogens (primary N) is 1. The van der Waals surface area contributed by atoms with Gasteiger partial charge in [0, 0.05) is 6.20 Å². The molecule has 8 N–H and O–H groups in total. The lowest BCUT2D eigenvalue weighted by atomic mass is 9.93. The van der Waals surface area contributed by atoms with Crippen molar-refractivity contribution >= 4 is 5.82 Å². The van der Waals surface area contributed by atoms with Crippen LogP contribution in [0.1, 0.15) is 0 Å². The van der Waals surface area contributed by atoms with Crippen molar-refractivity contribution < 1.29 is 30.3 Å². The maximum absolute atomic E-state index is 11.2. The fourth-order valence-electron chi connectivity index (χ4n) is 2.19. The van der Waals surface area contributed by atoms with Crippen LogP contribution in [0, 0.1) is 0 Å². The van der Waals surface area contributed by atoms with Gasteiger partial charge in [-0.05, 0) is 6.07 Å². The van der Waals surface area contributed by atoms with Crippen molar-refractivity contribution in [2.45, 2.75) is 30.3 Å². The van der Waals surface area contributed by atoms with Crippen molar-refractivity contribution in [1.29, 1.82) is 0 Å². The highest BCUT2D eigenvalue weighted by Crippen LogP contribution is 2.29. The Morgan fingerprint density at radius 1 is 1.36 bits per heavy atom. The van der Waals surface area contributed by atoms with Crippen LogP contribution in [0.15, 0.2) is 17.1 Å². The van der Waals surface area contributed by atoms with E-state index in [0.29, 0.717) is 0 Å². The number of H-pyrrole nitrogens is 1. The van der Waals surface area contributed by atoms with Gasteiger partial charge < -0.3 is 40.2 Å². The molecule has 2 rings (SSSR count). The normalized spacial score (nSPS) is 35.4. The number of aromatic nitrogens is 2. The van der Waals surface area contributed by atoms with Crippen molar-refractivity contribution in [2.24, 2.45) is 5.73 Å². The van der Waals surface area contributed by atoms with Gasteiger partial charge in [-0.2, -0.15) is 4.98 Å². The molecule has 22 heavy (non-hydrogen) atoms. The molecule has 0 bridgehead atoms. The molecule has 0 aromatic carbocycles. The Morgan fingerprint density at radius 3 is 2.59 bits per heavy atom. The molecular weight excluding hydrogens is 300 g/mol. The summed E-state index contributed by atoms with van der Waals surface area (Å²) in [5.41, 5.74) is 2.89. The minimum atomic E-state index is -2.06. The molecule has 0 spiro atoms. The van der Waals surface area contributed by atoms with E-state index in [1.807, 2.05) is 0 Å². The van der Waals surface area contributed by atoms with Gasteiger partial charge in [-0.15, -0.1) is 0 Å². The zero-order chi connectivity index (χ0) is 16.5. The van der Waals surface area contributed by atoms with Gasteiger partial charge in [0.05, 0.1) is 6.61 Å². The summed E-state index contributed by atoms with van der Waals surface area (Å²) in [5.74, 6) is -0.0563. The molecule has 1 unspecified atom stereocenters. The number of nitrogens with one attached hydrogen (secondary N) is 1. The molecule has 124 valence electrons. The topological polar surface area (TPSA) is 185 Å². The van der Waals surface area contributed by atoms with E-state index in [1.165, 1.54) is 12.3 Å². The number of hydrogen-bond acceptors (Lipinski definition) is 10.